The predicted molar refractivity (Wildman–Crippen MR) is 87.7 cm³/mol. The molecule has 0 aromatic rings. The molecule has 0 radical (unpaired) electrons. The zero-order valence-electron chi connectivity index (χ0n) is 14.7. The first kappa shape index (κ1) is 15.8. The van der Waals surface area contributed by atoms with E-state index >= 15 is 0 Å². The van der Waals surface area contributed by atoms with Gasteiger partial charge in [-0.05, 0) is 80.0 Å². The van der Waals surface area contributed by atoms with Crippen LogP contribution in [0, 0.1) is 34.5 Å². The number of carbonyl (C=O) groups is 2. The van der Waals surface area contributed by atoms with Crippen LogP contribution >= 0.6 is 0 Å². The molecule has 4 aliphatic carbocycles. The summed E-state index contributed by atoms with van der Waals surface area (Å²) >= 11 is 0. The third kappa shape index (κ3) is 1.92. The summed E-state index contributed by atoms with van der Waals surface area (Å²) < 4.78 is 0. The van der Waals surface area contributed by atoms with Crippen molar-refractivity contribution in [2.45, 2.75) is 77.7 Å². The summed E-state index contributed by atoms with van der Waals surface area (Å²) in [5.41, 5.74) is -0.492. The maximum Gasteiger partial charge on any atom is 0.198 e. The molecular weight excluding hydrogens is 288 g/mol. The highest BCUT2D eigenvalue weighted by molar-refractivity contribution is 6.38. The molecule has 0 spiro atoms. The normalized spacial score (nSPS) is 56.0. The van der Waals surface area contributed by atoms with Crippen LogP contribution in [0.25, 0.3) is 0 Å². The van der Waals surface area contributed by atoms with Crippen LogP contribution in [0.15, 0.2) is 0 Å². The second-order valence-electron chi connectivity index (χ2n) is 9.65. The molecule has 1 N–H and O–H groups in total. The van der Waals surface area contributed by atoms with Gasteiger partial charge < -0.3 is 5.11 Å². The number of rotatable bonds is 0. The van der Waals surface area contributed by atoms with Crippen LogP contribution in [0.4, 0.5) is 0 Å². The van der Waals surface area contributed by atoms with E-state index in [2.05, 4.69) is 13.8 Å². The second kappa shape index (κ2) is 4.68. The van der Waals surface area contributed by atoms with Crippen LogP contribution in [-0.4, -0.2) is 22.3 Å². The van der Waals surface area contributed by atoms with Crippen LogP contribution in [0.2, 0.25) is 0 Å². The molecule has 4 rings (SSSR count). The highest BCUT2D eigenvalue weighted by Gasteiger charge is 2.63. The Balaban J connectivity index is 1.67. The lowest BCUT2D eigenvalue weighted by Crippen LogP contribution is -2.57. The zero-order valence-corrected chi connectivity index (χ0v) is 14.7. The summed E-state index contributed by atoms with van der Waals surface area (Å²) in [7, 11) is 0. The lowest BCUT2D eigenvalue weighted by molar-refractivity contribution is -0.161. The fourth-order valence-electron chi connectivity index (χ4n) is 7.17. The number of carbonyl (C=O) groups excluding carboxylic acids is 2. The van der Waals surface area contributed by atoms with Crippen molar-refractivity contribution in [2.75, 3.05) is 0 Å². The van der Waals surface area contributed by atoms with E-state index in [9.17, 15) is 14.7 Å². The number of hydrogen-bond donors (Lipinski definition) is 1. The third-order valence-corrected chi connectivity index (χ3v) is 8.91. The molecule has 0 bridgehead atoms. The Morgan fingerprint density at radius 3 is 2.35 bits per heavy atom. The van der Waals surface area contributed by atoms with Gasteiger partial charge in [-0.25, -0.2) is 0 Å². The summed E-state index contributed by atoms with van der Waals surface area (Å²) in [6, 6.07) is 0. The molecule has 4 aliphatic rings. The number of hydrogen-bond acceptors (Lipinski definition) is 3. The molecule has 4 fully saturated rings. The first-order valence-electron chi connectivity index (χ1n) is 9.47. The van der Waals surface area contributed by atoms with E-state index in [4.69, 9.17) is 0 Å². The Kier molecular flexibility index (Phi) is 3.22. The van der Waals surface area contributed by atoms with Crippen molar-refractivity contribution in [1.82, 2.24) is 0 Å². The monoisotopic (exact) mass is 318 g/mol. The average Bonchev–Trinajstić information content (AvgIpc) is 2.71. The van der Waals surface area contributed by atoms with Crippen LogP contribution in [0.5, 0.6) is 0 Å². The van der Waals surface area contributed by atoms with Crippen molar-refractivity contribution in [1.29, 1.82) is 0 Å². The number of ketones is 2. The molecule has 0 aliphatic heterocycles. The molecule has 128 valence electrons. The van der Waals surface area contributed by atoms with Crippen molar-refractivity contribution in [3.63, 3.8) is 0 Å². The molecule has 0 amide bonds. The Bertz CT molecular complexity index is 565. The molecule has 7 atom stereocenters. The minimum Gasteiger partial charge on any atom is -0.390 e. The Morgan fingerprint density at radius 1 is 0.913 bits per heavy atom. The molecule has 3 nitrogen and oxygen atoms in total. The van der Waals surface area contributed by atoms with Crippen molar-refractivity contribution in [3.8, 4) is 0 Å². The number of Topliss-reactive ketones (excluding diaryl/α,β-unsaturated/α-hetero) is 2. The quantitative estimate of drug-likeness (QED) is 0.695. The lowest BCUT2D eigenvalue weighted by Gasteiger charge is -2.60. The highest BCUT2D eigenvalue weighted by Crippen LogP contribution is 2.67. The van der Waals surface area contributed by atoms with Gasteiger partial charge in [0.25, 0.3) is 0 Å². The topological polar surface area (TPSA) is 54.4 Å². The van der Waals surface area contributed by atoms with E-state index in [1.807, 2.05) is 6.92 Å². The summed E-state index contributed by atoms with van der Waals surface area (Å²) in [6.45, 7) is 6.61. The van der Waals surface area contributed by atoms with Gasteiger partial charge in [0.15, 0.2) is 11.6 Å². The first-order chi connectivity index (χ1) is 10.7. The number of aliphatic hydroxyl groups is 1. The van der Waals surface area contributed by atoms with Gasteiger partial charge in [-0.1, -0.05) is 13.8 Å². The van der Waals surface area contributed by atoms with Crippen molar-refractivity contribution in [3.05, 3.63) is 0 Å². The second-order valence-corrected chi connectivity index (χ2v) is 9.65. The molecule has 1 unspecified atom stereocenters. The van der Waals surface area contributed by atoms with E-state index < -0.39 is 5.60 Å². The van der Waals surface area contributed by atoms with E-state index in [-0.39, 0.29) is 22.4 Å². The number of fused-ring (bicyclic) bond motifs is 5. The maximum absolute atomic E-state index is 12.1. The SMILES string of the molecule is CC1(O)CC[C@H]2[C@@H]3CC[C@H]4CC(=O)C(=O)C[C@]4(C)[C@H]3CC[C@@]21C. The van der Waals surface area contributed by atoms with Gasteiger partial charge in [0.2, 0.25) is 0 Å². The average molecular weight is 318 g/mol. The molecule has 0 heterocycles. The van der Waals surface area contributed by atoms with E-state index in [1.54, 1.807) is 0 Å². The third-order valence-electron chi connectivity index (χ3n) is 8.91. The molecular formula is C20H30O3. The lowest BCUT2D eigenvalue weighted by atomic mass is 9.44. The zero-order chi connectivity index (χ0) is 16.6. The summed E-state index contributed by atoms with van der Waals surface area (Å²) in [6.07, 6.45) is 7.44. The Labute approximate surface area is 139 Å². The molecule has 0 saturated heterocycles. The van der Waals surface area contributed by atoms with Gasteiger partial charge in [-0.3, -0.25) is 9.59 Å². The van der Waals surface area contributed by atoms with Crippen molar-refractivity contribution in [2.24, 2.45) is 34.5 Å². The van der Waals surface area contributed by atoms with Crippen molar-refractivity contribution >= 4 is 11.6 Å². The molecule has 0 aromatic heterocycles. The van der Waals surface area contributed by atoms with Crippen molar-refractivity contribution < 1.29 is 14.7 Å². The van der Waals surface area contributed by atoms with Gasteiger partial charge in [-0.15, -0.1) is 0 Å². The summed E-state index contributed by atoms with van der Waals surface area (Å²) in [5, 5.41) is 10.9. The first-order valence-corrected chi connectivity index (χ1v) is 9.47. The van der Waals surface area contributed by atoms with Gasteiger partial charge >= 0.3 is 0 Å². The van der Waals surface area contributed by atoms with Crippen LogP contribution in [0.1, 0.15) is 72.1 Å². The highest BCUT2D eigenvalue weighted by atomic mass is 16.3. The van der Waals surface area contributed by atoms with Crippen LogP contribution < -0.4 is 0 Å². The minimum absolute atomic E-state index is 0.0175. The fraction of sp³-hybridized carbons (Fsp3) is 0.900. The Morgan fingerprint density at radius 2 is 1.61 bits per heavy atom. The smallest absolute Gasteiger partial charge is 0.198 e. The Hall–Kier alpha value is -0.700. The fourth-order valence-corrected chi connectivity index (χ4v) is 7.17. The van der Waals surface area contributed by atoms with Crippen LogP contribution in [-0.2, 0) is 9.59 Å². The largest absolute Gasteiger partial charge is 0.390 e. The summed E-state index contributed by atoms with van der Waals surface area (Å²) in [5.74, 6) is 1.92. The molecule has 23 heavy (non-hydrogen) atoms. The van der Waals surface area contributed by atoms with Gasteiger partial charge in [0, 0.05) is 12.8 Å². The van der Waals surface area contributed by atoms with Crippen LogP contribution in [0.3, 0.4) is 0 Å². The van der Waals surface area contributed by atoms with E-state index in [0.717, 1.165) is 32.1 Å². The maximum atomic E-state index is 12.1. The molecule has 4 saturated carbocycles. The minimum atomic E-state index is -0.543. The van der Waals surface area contributed by atoms with E-state index in [0.29, 0.717) is 36.5 Å². The van der Waals surface area contributed by atoms with Gasteiger partial charge in [0.1, 0.15) is 0 Å². The summed E-state index contributed by atoms with van der Waals surface area (Å²) in [4.78, 5) is 24.0. The van der Waals surface area contributed by atoms with Gasteiger partial charge in [-0.2, -0.15) is 0 Å². The van der Waals surface area contributed by atoms with Gasteiger partial charge in [0.05, 0.1) is 5.60 Å². The van der Waals surface area contributed by atoms with E-state index in [1.165, 1.54) is 6.42 Å². The predicted octanol–water partition coefficient (Wildman–Crippen LogP) is 3.53. The molecule has 0 aromatic carbocycles. The standard InChI is InChI=1S/C20H30O3/c1-18-11-17(22)16(21)10-12(18)4-5-13-14(18)6-8-19(2)15(13)7-9-20(19,3)23/h12-15,23H,4-11H2,1-3H3/t12-,13+,14-,15-,18-,19-,20?/m0/s1. The molecule has 3 heteroatoms.